The highest BCUT2D eigenvalue weighted by Gasteiger charge is 2.15. The van der Waals surface area contributed by atoms with Crippen molar-refractivity contribution in [2.24, 2.45) is 0 Å². The van der Waals surface area contributed by atoms with Crippen LogP contribution < -0.4 is 5.73 Å². The average Bonchev–Trinajstić information content (AvgIpc) is 2.50. The fourth-order valence-corrected chi connectivity index (χ4v) is 2.51. The number of fused-ring (bicyclic) bond motifs is 1. The molecule has 0 atom stereocenters. The lowest BCUT2D eigenvalue weighted by Gasteiger charge is -2.08. The number of ketones is 1. The number of hydrogen-bond donors (Lipinski definition) is 1. The molecule has 0 heterocycles. The molecule has 0 aromatic heterocycles. The van der Waals surface area contributed by atoms with Gasteiger partial charge in [0, 0.05) is 21.5 Å². The summed E-state index contributed by atoms with van der Waals surface area (Å²) in [7, 11) is 0. The van der Waals surface area contributed by atoms with Crippen LogP contribution in [0.25, 0.3) is 10.8 Å². The molecule has 0 aliphatic rings. The molecule has 0 spiro atoms. The molecule has 0 unspecified atom stereocenters. The third kappa shape index (κ3) is 2.36. The molecule has 2 N–H and O–H groups in total. The summed E-state index contributed by atoms with van der Waals surface area (Å²) in [6, 6.07) is 14.7. The molecular formula is C17H11ClFNO. The number of nitrogens with two attached hydrogens (primary N) is 1. The minimum Gasteiger partial charge on any atom is -0.396 e. The van der Waals surface area contributed by atoms with Gasteiger partial charge in [0.2, 0.25) is 0 Å². The number of carbonyl (C=O) groups is 1. The molecule has 0 amide bonds. The normalized spacial score (nSPS) is 10.8. The van der Waals surface area contributed by atoms with Gasteiger partial charge in [0.15, 0.2) is 5.78 Å². The van der Waals surface area contributed by atoms with Gasteiger partial charge in [-0.15, -0.1) is 0 Å². The minimum atomic E-state index is -0.598. The Labute approximate surface area is 126 Å². The summed E-state index contributed by atoms with van der Waals surface area (Å²) in [4.78, 5) is 12.6. The summed E-state index contributed by atoms with van der Waals surface area (Å²) in [5, 5.41) is 2.11. The monoisotopic (exact) mass is 299 g/mol. The highest BCUT2D eigenvalue weighted by molar-refractivity contribution is 6.36. The molecule has 0 aliphatic heterocycles. The third-order valence-electron chi connectivity index (χ3n) is 3.38. The van der Waals surface area contributed by atoms with Gasteiger partial charge in [-0.3, -0.25) is 4.79 Å². The molecule has 0 bridgehead atoms. The highest BCUT2D eigenvalue weighted by atomic mass is 35.5. The molecular weight excluding hydrogens is 289 g/mol. The Balaban J connectivity index is 2.18. The first-order valence-electron chi connectivity index (χ1n) is 6.35. The molecule has 3 aromatic carbocycles. The van der Waals surface area contributed by atoms with Gasteiger partial charge in [0.05, 0.1) is 5.69 Å². The van der Waals surface area contributed by atoms with Gasteiger partial charge in [-0.2, -0.15) is 0 Å². The maximum atomic E-state index is 13.5. The lowest BCUT2D eigenvalue weighted by atomic mass is 9.97. The van der Waals surface area contributed by atoms with Crippen LogP contribution in [0.5, 0.6) is 0 Å². The molecule has 2 nitrogen and oxygen atoms in total. The summed E-state index contributed by atoms with van der Waals surface area (Å²) >= 11 is 6.14. The molecule has 0 radical (unpaired) electrons. The van der Waals surface area contributed by atoms with E-state index in [0.29, 0.717) is 10.6 Å². The van der Waals surface area contributed by atoms with Crippen molar-refractivity contribution in [3.63, 3.8) is 0 Å². The molecule has 3 aromatic rings. The molecule has 0 saturated heterocycles. The summed E-state index contributed by atoms with van der Waals surface area (Å²) in [6.45, 7) is 0. The number of hydrogen-bond acceptors (Lipinski definition) is 2. The van der Waals surface area contributed by atoms with E-state index >= 15 is 0 Å². The van der Waals surface area contributed by atoms with Crippen LogP contribution in [0.1, 0.15) is 15.9 Å². The number of anilines is 1. The van der Waals surface area contributed by atoms with Gasteiger partial charge < -0.3 is 5.73 Å². The second-order valence-corrected chi connectivity index (χ2v) is 5.11. The lowest BCUT2D eigenvalue weighted by Crippen LogP contribution is -2.04. The highest BCUT2D eigenvalue weighted by Crippen LogP contribution is 2.28. The summed E-state index contributed by atoms with van der Waals surface area (Å²) in [5.41, 5.74) is 6.20. The van der Waals surface area contributed by atoms with Gasteiger partial charge in [-0.05, 0) is 35.7 Å². The van der Waals surface area contributed by atoms with Gasteiger partial charge in [0.25, 0.3) is 0 Å². The van der Waals surface area contributed by atoms with E-state index in [1.165, 1.54) is 12.1 Å². The van der Waals surface area contributed by atoms with Gasteiger partial charge in [-0.1, -0.05) is 35.9 Å². The number of benzene rings is 3. The lowest BCUT2D eigenvalue weighted by molar-refractivity contribution is 0.104. The molecule has 104 valence electrons. The van der Waals surface area contributed by atoms with E-state index in [4.69, 9.17) is 17.3 Å². The first-order valence-corrected chi connectivity index (χ1v) is 6.72. The van der Waals surface area contributed by atoms with Crippen molar-refractivity contribution in [1.29, 1.82) is 0 Å². The van der Waals surface area contributed by atoms with Crippen LogP contribution in [-0.4, -0.2) is 5.78 Å². The van der Waals surface area contributed by atoms with Crippen LogP contribution >= 0.6 is 11.6 Å². The molecule has 0 aliphatic carbocycles. The second kappa shape index (κ2) is 5.19. The predicted octanol–water partition coefficient (Wildman–Crippen LogP) is 4.45. The van der Waals surface area contributed by atoms with Gasteiger partial charge in [0.1, 0.15) is 5.82 Å². The molecule has 21 heavy (non-hydrogen) atoms. The van der Waals surface area contributed by atoms with E-state index in [-0.39, 0.29) is 17.0 Å². The van der Waals surface area contributed by atoms with Gasteiger partial charge in [-0.25, -0.2) is 4.39 Å². The smallest absolute Gasteiger partial charge is 0.193 e. The van der Waals surface area contributed by atoms with Crippen LogP contribution in [0.4, 0.5) is 10.1 Å². The van der Waals surface area contributed by atoms with E-state index in [1.54, 1.807) is 12.1 Å². The van der Waals surface area contributed by atoms with Crippen molar-refractivity contribution in [2.45, 2.75) is 0 Å². The average molecular weight is 300 g/mol. The van der Waals surface area contributed by atoms with E-state index in [2.05, 4.69) is 0 Å². The van der Waals surface area contributed by atoms with Gasteiger partial charge >= 0.3 is 0 Å². The van der Waals surface area contributed by atoms with Crippen LogP contribution in [0.3, 0.4) is 0 Å². The zero-order valence-corrected chi connectivity index (χ0v) is 11.7. The fourth-order valence-electron chi connectivity index (χ4n) is 2.28. The van der Waals surface area contributed by atoms with Crippen LogP contribution in [0, 0.1) is 5.82 Å². The Morgan fingerprint density at radius 3 is 2.43 bits per heavy atom. The van der Waals surface area contributed by atoms with Crippen molar-refractivity contribution >= 4 is 33.8 Å². The molecule has 3 rings (SSSR count). The van der Waals surface area contributed by atoms with E-state index in [1.807, 2.05) is 24.3 Å². The van der Waals surface area contributed by atoms with Crippen molar-refractivity contribution in [1.82, 2.24) is 0 Å². The van der Waals surface area contributed by atoms with Crippen LogP contribution in [0.2, 0.25) is 5.02 Å². The Hall–Kier alpha value is -2.39. The third-order valence-corrected chi connectivity index (χ3v) is 3.71. The van der Waals surface area contributed by atoms with Crippen LogP contribution in [0.15, 0.2) is 54.6 Å². The Bertz CT molecular complexity index is 861. The summed E-state index contributed by atoms with van der Waals surface area (Å²) in [5.74, 6) is -0.860. The number of carbonyl (C=O) groups excluding carboxylic acids is 1. The topological polar surface area (TPSA) is 43.1 Å². The largest absolute Gasteiger partial charge is 0.396 e. The first-order chi connectivity index (χ1) is 10.1. The molecule has 0 saturated carbocycles. The Morgan fingerprint density at radius 2 is 1.71 bits per heavy atom. The van der Waals surface area contributed by atoms with Crippen molar-refractivity contribution < 1.29 is 9.18 Å². The van der Waals surface area contributed by atoms with Crippen molar-refractivity contribution in [3.8, 4) is 0 Å². The zero-order chi connectivity index (χ0) is 15.0. The molecule has 0 fully saturated rings. The Kier molecular flexibility index (Phi) is 3.35. The summed E-state index contributed by atoms with van der Waals surface area (Å²) in [6.07, 6.45) is 0. The predicted molar refractivity (Wildman–Crippen MR) is 83.2 cm³/mol. The minimum absolute atomic E-state index is 0.0208. The van der Waals surface area contributed by atoms with E-state index in [0.717, 1.165) is 16.8 Å². The quantitative estimate of drug-likeness (QED) is 0.561. The number of rotatable bonds is 2. The number of nitrogen functional groups attached to an aromatic ring is 1. The zero-order valence-electron chi connectivity index (χ0n) is 10.9. The van der Waals surface area contributed by atoms with Crippen molar-refractivity contribution in [3.05, 3.63) is 76.6 Å². The molecule has 4 heteroatoms. The van der Waals surface area contributed by atoms with E-state index in [9.17, 15) is 9.18 Å². The SMILES string of the molecule is Nc1ccc(C(=O)c2ccc(Cl)c3ccccc23)cc1F. The van der Waals surface area contributed by atoms with Crippen LogP contribution in [-0.2, 0) is 0 Å². The maximum absolute atomic E-state index is 13.5. The fraction of sp³-hybridized carbons (Fsp3) is 0. The second-order valence-electron chi connectivity index (χ2n) is 4.71. The summed E-state index contributed by atoms with van der Waals surface area (Å²) < 4.78 is 13.5. The van der Waals surface area contributed by atoms with E-state index < -0.39 is 5.82 Å². The Morgan fingerprint density at radius 1 is 1.00 bits per heavy atom. The first kappa shape index (κ1) is 13.6. The maximum Gasteiger partial charge on any atom is 0.193 e. The number of halogens is 2. The van der Waals surface area contributed by atoms with Crippen molar-refractivity contribution in [2.75, 3.05) is 5.73 Å². The standard InChI is InChI=1S/C17H11ClFNO/c18-14-7-6-13(11-3-1-2-4-12(11)14)17(21)10-5-8-16(20)15(19)9-10/h1-9H,20H2.